The molecule has 0 spiro atoms. The zero-order chi connectivity index (χ0) is 6.95. The molecule has 0 aliphatic rings. The van der Waals surface area contributed by atoms with Crippen LogP contribution in [-0.4, -0.2) is 5.75 Å². The fourth-order valence-corrected chi connectivity index (χ4v) is 0.652. The molecule has 0 aromatic carbocycles. The lowest BCUT2D eigenvalue weighted by Gasteiger charge is -1.81. The van der Waals surface area contributed by atoms with Crippen molar-refractivity contribution in [1.29, 1.82) is 0 Å². The summed E-state index contributed by atoms with van der Waals surface area (Å²) in [6.45, 7) is 2.03. The maximum absolute atomic E-state index is 4.08. The van der Waals surface area contributed by atoms with E-state index in [1.54, 1.807) is 0 Å². The van der Waals surface area contributed by atoms with Crippen molar-refractivity contribution in [2.24, 2.45) is 0 Å². The Bertz CT molecular complexity index is 92.7. The third kappa shape index (κ3) is 7.83. The van der Waals surface area contributed by atoms with Crippen molar-refractivity contribution >= 4 is 12.6 Å². The van der Waals surface area contributed by atoms with E-state index in [0.29, 0.717) is 0 Å². The van der Waals surface area contributed by atoms with E-state index in [9.17, 15) is 0 Å². The average molecular weight is 142 g/mol. The fraction of sp³-hybridized carbons (Fsp3) is 0.500. The summed E-state index contributed by atoms with van der Waals surface area (Å²) in [5.41, 5.74) is 0. The maximum atomic E-state index is 4.08. The molecule has 0 saturated carbocycles. The van der Waals surface area contributed by atoms with E-state index in [4.69, 9.17) is 0 Å². The Hall–Kier alpha value is -0.170. The summed E-state index contributed by atoms with van der Waals surface area (Å²) >= 11 is 4.08. The molecule has 0 aromatic rings. The van der Waals surface area contributed by atoms with Crippen LogP contribution in [0.3, 0.4) is 0 Å². The molecule has 0 rings (SSSR count). The monoisotopic (exact) mass is 142 g/mol. The molecular weight excluding hydrogens is 128 g/mol. The molecule has 0 aliphatic heterocycles. The number of thiol groups is 1. The molecule has 1 heteroatoms. The second-order valence-electron chi connectivity index (χ2n) is 1.79. The van der Waals surface area contributed by atoms with Crippen molar-refractivity contribution in [1.82, 2.24) is 0 Å². The van der Waals surface area contributed by atoms with Crippen molar-refractivity contribution in [3.63, 3.8) is 0 Å². The topological polar surface area (TPSA) is 0 Å². The van der Waals surface area contributed by atoms with Crippen LogP contribution in [0.25, 0.3) is 0 Å². The van der Waals surface area contributed by atoms with Crippen LogP contribution in [0.2, 0.25) is 0 Å². The first-order valence-electron chi connectivity index (χ1n) is 3.28. The Labute approximate surface area is 63.1 Å². The molecule has 0 aromatic heterocycles. The van der Waals surface area contributed by atoms with Crippen LogP contribution in [0, 0.1) is 0 Å². The van der Waals surface area contributed by atoms with Crippen LogP contribution in [0.1, 0.15) is 19.8 Å². The normalized spacial score (nSPS) is 11.8. The van der Waals surface area contributed by atoms with E-state index in [2.05, 4.69) is 36.9 Å². The van der Waals surface area contributed by atoms with Gasteiger partial charge in [-0.15, -0.1) is 0 Å². The second kappa shape index (κ2) is 7.83. The minimum Gasteiger partial charge on any atom is -0.179 e. The quantitative estimate of drug-likeness (QED) is 0.453. The van der Waals surface area contributed by atoms with Gasteiger partial charge in [-0.3, -0.25) is 0 Å². The van der Waals surface area contributed by atoms with Crippen LogP contribution in [0.15, 0.2) is 24.3 Å². The summed E-state index contributed by atoms with van der Waals surface area (Å²) in [5.74, 6) is 0.951. The van der Waals surface area contributed by atoms with Crippen molar-refractivity contribution in [2.75, 3.05) is 5.75 Å². The second-order valence-corrected chi connectivity index (χ2v) is 2.24. The Kier molecular flexibility index (Phi) is 7.68. The number of rotatable bonds is 4. The Balaban J connectivity index is 3.04. The van der Waals surface area contributed by atoms with Crippen molar-refractivity contribution < 1.29 is 0 Å². The third-order valence-corrected chi connectivity index (χ3v) is 1.23. The van der Waals surface area contributed by atoms with Crippen molar-refractivity contribution in [3.8, 4) is 0 Å². The summed E-state index contributed by atoms with van der Waals surface area (Å²) in [7, 11) is 0. The predicted octanol–water partition coefficient (Wildman–Crippen LogP) is 2.83. The van der Waals surface area contributed by atoms with Crippen LogP contribution < -0.4 is 0 Å². The van der Waals surface area contributed by atoms with Gasteiger partial charge in [-0.2, -0.15) is 12.6 Å². The zero-order valence-corrected chi connectivity index (χ0v) is 6.77. The lowest BCUT2D eigenvalue weighted by molar-refractivity contribution is 1.22. The van der Waals surface area contributed by atoms with Gasteiger partial charge in [0.2, 0.25) is 0 Å². The van der Waals surface area contributed by atoms with Gasteiger partial charge in [-0.05, 0) is 25.5 Å². The fourth-order valence-electron chi connectivity index (χ4n) is 0.503. The van der Waals surface area contributed by atoms with Crippen molar-refractivity contribution in [3.05, 3.63) is 24.3 Å². The summed E-state index contributed by atoms with van der Waals surface area (Å²) in [6.07, 6.45) is 10.7. The van der Waals surface area contributed by atoms with E-state index in [1.807, 2.05) is 6.92 Å². The van der Waals surface area contributed by atoms with Gasteiger partial charge in [-0.25, -0.2) is 0 Å². The number of hydrogen-bond donors (Lipinski definition) is 1. The molecule has 0 saturated heterocycles. The molecule has 0 bridgehead atoms. The molecule has 0 N–H and O–H groups in total. The van der Waals surface area contributed by atoms with Gasteiger partial charge in [-0.1, -0.05) is 24.3 Å². The molecule has 0 amide bonds. The first kappa shape index (κ1) is 8.83. The minimum atomic E-state index is 0.951. The highest BCUT2D eigenvalue weighted by Crippen LogP contribution is 1.89. The Morgan fingerprint density at radius 1 is 1.22 bits per heavy atom. The highest BCUT2D eigenvalue weighted by Gasteiger charge is 1.71. The molecule has 0 aliphatic carbocycles. The molecule has 0 nitrogen and oxygen atoms in total. The highest BCUT2D eigenvalue weighted by molar-refractivity contribution is 7.80. The summed E-state index contributed by atoms with van der Waals surface area (Å²) in [5, 5.41) is 0. The SMILES string of the molecule is CC=CCC=CCCS. The minimum absolute atomic E-state index is 0.951. The van der Waals surface area contributed by atoms with Crippen LogP contribution in [0.4, 0.5) is 0 Å². The molecule has 9 heavy (non-hydrogen) atoms. The van der Waals surface area contributed by atoms with E-state index in [-0.39, 0.29) is 0 Å². The van der Waals surface area contributed by atoms with Crippen molar-refractivity contribution in [2.45, 2.75) is 19.8 Å². The van der Waals surface area contributed by atoms with Crippen LogP contribution >= 0.6 is 12.6 Å². The average Bonchev–Trinajstić information content (AvgIpc) is 1.89. The van der Waals surface area contributed by atoms with Gasteiger partial charge in [0, 0.05) is 0 Å². The molecule has 0 heterocycles. The maximum Gasteiger partial charge on any atom is -0.00633 e. The summed E-state index contributed by atoms with van der Waals surface area (Å²) in [6, 6.07) is 0. The summed E-state index contributed by atoms with van der Waals surface area (Å²) in [4.78, 5) is 0. The van der Waals surface area contributed by atoms with Gasteiger partial charge < -0.3 is 0 Å². The lowest BCUT2D eigenvalue weighted by Crippen LogP contribution is -1.65. The molecular formula is C8H14S. The standard InChI is InChI=1S/C8H14S/c1-2-3-4-5-6-7-8-9/h2-3,5-6,9H,4,7-8H2,1H3. The molecule has 0 unspecified atom stereocenters. The smallest absolute Gasteiger partial charge is 0.00633 e. The molecule has 0 fully saturated rings. The van der Waals surface area contributed by atoms with E-state index in [0.717, 1.165) is 18.6 Å². The van der Waals surface area contributed by atoms with Crippen LogP contribution in [-0.2, 0) is 0 Å². The lowest BCUT2D eigenvalue weighted by atomic mass is 10.3. The first-order chi connectivity index (χ1) is 4.41. The Morgan fingerprint density at radius 3 is 2.56 bits per heavy atom. The predicted molar refractivity (Wildman–Crippen MR) is 47.0 cm³/mol. The van der Waals surface area contributed by atoms with Gasteiger partial charge in [0.25, 0.3) is 0 Å². The van der Waals surface area contributed by atoms with Crippen LogP contribution in [0.5, 0.6) is 0 Å². The number of hydrogen-bond acceptors (Lipinski definition) is 1. The zero-order valence-electron chi connectivity index (χ0n) is 5.88. The van der Waals surface area contributed by atoms with Gasteiger partial charge in [0.05, 0.1) is 0 Å². The third-order valence-electron chi connectivity index (χ3n) is 0.970. The van der Waals surface area contributed by atoms with E-state index >= 15 is 0 Å². The van der Waals surface area contributed by atoms with E-state index in [1.165, 1.54) is 0 Å². The molecule has 0 atom stereocenters. The van der Waals surface area contributed by atoms with Gasteiger partial charge in [0.1, 0.15) is 0 Å². The highest BCUT2D eigenvalue weighted by atomic mass is 32.1. The largest absolute Gasteiger partial charge is 0.179 e. The molecule has 0 radical (unpaired) electrons. The number of allylic oxidation sites excluding steroid dienone is 4. The Morgan fingerprint density at radius 2 is 2.00 bits per heavy atom. The van der Waals surface area contributed by atoms with Gasteiger partial charge in [0.15, 0.2) is 0 Å². The van der Waals surface area contributed by atoms with Gasteiger partial charge >= 0.3 is 0 Å². The first-order valence-corrected chi connectivity index (χ1v) is 3.92. The summed E-state index contributed by atoms with van der Waals surface area (Å²) < 4.78 is 0. The van der Waals surface area contributed by atoms with E-state index < -0.39 is 0 Å². The molecule has 52 valence electrons.